The van der Waals surface area contributed by atoms with Crippen LogP contribution < -0.4 is 5.32 Å². The van der Waals surface area contributed by atoms with E-state index in [0.29, 0.717) is 0 Å². The molecule has 0 aliphatic carbocycles. The number of nitrogens with one attached hydrogen (secondary N) is 1. The number of nitrogens with zero attached hydrogens (tertiary/aromatic N) is 2. The molecule has 0 saturated carbocycles. The maximum Gasteiger partial charge on any atom is 0.320 e. The van der Waals surface area contributed by atoms with E-state index in [0.717, 1.165) is 39.1 Å². The summed E-state index contributed by atoms with van der Waals surface area (Å²) in [5, 5.41) is 3.40. The minimum Gasteiger partial charge on any atom is -0.325 e. The molecular weight excluding hydrogens is 250 g/mol. The number of carbonyl (C=O) groups excluding carboxylic acids is 1. The van der Waals surface area contributed by atoms with E-state index in [4.69, 9.17) is 0 Å². The van der Waals surface area contributed by atoms with Crippen molar-refractivity contribution in [2.45, 2.75) is 26.3 Å². The van der Waals surface area contributed by atoms with Crippen LogP contribution in [0.1, 0.15) is 19.4 Å². The average molecular weight is 275 g/mol. The van der Waals surface area contributed by atoms with Crippen LogP contribution in [-0.2, 0) is 6.42 Å². The van der Waals surface area contributed by atoms with Crippen molar-refractivity contribution >= 4 is 6.03 Å². The van der Waals surface area contributed by atoms with E-state index in [9.17, 15) is 4.79 Å². The molecule has 1 saturated heterocycles. The van der Waals surface area contributed by atoms with Crippen LogP contribution in [0.2, 0.25) is 0 Å². The zero-order valence-electron chi connectivity index (χ0n) is 12.5. The smallest absolute Gasteiger partial charge is 0.320 e. The second kappa shape index (κ2) is 7.29. The van der Waals surface area contributed by atoms with Crippen molar-refractivity contribution in [1.29, 1.82) is 0 Å². The van der Waals surface area contributed by atoms with Gasteiger partial charge in [0.1, 0.15) is 0 Å². The Bertz CT molecular complexity index is 417. The summed E-state index contributed by atoms with van der Waals surface area (Å²) in [4.78, 5) is 16.5. The van der Waals surface area contributed by atoms with Crippen LogP contribution in [0.25, 0.3) is 0 Å². The number of carbonyl (C=O) groups is 1. The lowest BCUT2D eigenvalue weighted by atomic mass is 10.0. The molecule has 1 heterocycles. The van der Waals surface area contributed by atoms with E-state index in [2.05, 4.69) is 29.6 Å². The molecule has 2 rings (SSSR count). The van der Waals surface area contributed by atoms with Gasteiger partial charge in [0.15, 0.2) is 0 Å². The molecule has 1 aliphatic heterocycles. The van der Waals surface area contributed by atoms with E-state index in [-0.39, 0.29) is 12.1 Å². The van der Waals surface area contributed by atoms with Crippen LogP contribution >= 0.6 is 0 Å². The first-order valence-corrected chi connectivity index (χ1v) is 7.56. The molecule has 1 aromatic rings. The summed E-state index contributed by atoms with van der Waals surface area (Å²) in [7, 11) is 0. The molecule has 1 aliphatic rings. The SMILES string of the molecule is CCN(CC)C(=O)N1CCNCC1Cc1ccccc1. The lowest BCUT2D eigenvalue weighted by Gasteiger charge is -2.39. The summed E-state index contributed by atoms with van der Waals surface area (Å²) in [6.45, 7) is 8.19. The lowest BCUT2D eigenvalue weighted by Crippen LogP contribution is -2.57. The number of rotatable bonds is 4. The molecule has 0 aromatic heterocycles. The van der Waals surface area contributed by atoms with Crippen LogP contribution in [0.5, 0.6) is 0 Å². The second-order valence-corrected chi connectivity index (χ2v) is 5.20. The van der Waals surface area contributed by atoms with E-state index < -0.39 is 0 Å². The number of benzene rings is 1. The zero-order valence-corrected chi connectivity index (χ0v) is 12.5. The van der Waals surface area contributed by atoms with E-state index in [1.807, 2.05) is 29.7 Å². The van der Waals surface area contributed by atoms with Gasteiger partial charge in [0.25, 0.3) is 0 Å². The van der Waals surface area contributed by atoms with Crippen molar-refractivity contribution in [3.63, 3.8) is 0 Å². The van der Waals surface area contributed by atoms with Crippen molar-refractivity contribution in [2.75, 3.05) is 32.7 Å². The minimum atomic E-state index is 0.178. The Kier molecular flexibility index (Phi) is 5.41. The standard InChI is InChI=1S/C16H25N3O/c1-3-18(4-2)16(20)19-11-10-17-13-15(19)12-14-8-6-5-7-9-14/h5-9,15,17H,3-4,10-13H2,1-2H3. The molecule has 2 amide bonds. The fourth-order valence-corrected chi connectivity index (χ4v) is 2.76. The summed E-state index contributed by atoms with van der Waals surface area (Å²) < 4.78 is 0. The topological polar surface area (TPSA) is 35.6 Å². The largest absolute Gasteiger partial charge is 0.325 e. The molecule has 1 atom stereocenters. The third kappa shape index (κ3) is 3.51. The van der Waals surface area contributed by atoms with Gasteiger partial charge in [0.2, 0.25) is 0 Å². The molecule has 0 radical (unpaired) electrons. The Morgan fingerprint density at radius 1 is 1.30 bits per heavy atom. The fraction of sp³-hybridized carbons (Fsp3) is 0.562. The van der Waals surface area contributed by atoms with Crippen molar-refractivity contribution in [3.8, 4) is 0 Å². The normalized spacial score (nSPS) is 18.9. The summed E-state index contributed by atoms with van der Waals surface area (Å²) in [6.07, 6.45) is 0.918. The highest BCUT2D eigenvalue weighted by molar-refractivity contribution is 5.75. The van der Waals surface area contributed by atoms with E-state index in [1.165, 1.54) is 5.56 Å². The maximum atomic E-state index is 12.6. The van der Waals surface area contributed by atoms with Gasteiger partial charge in [-0.15, -0.1) is 0 Å². The predicted octanol–water partition coefficient (Wildman–Crippen LogP) is 1.96. The summed E-state index contributed by atoms with van der Waals surface area (Å²) >= 11 is 0. The number of hydrogen-bond acceptors (Lipinski definition) is 2. The quantitative estimate of drug-likeness (QED) is 0.912. The number of piperazine rings is 1. The highest BCUT2D eigenvalue weighted by Crippen LogP contribution is 2.13. The van der Waals surface area contributed by atoms with Crippen LogP contribution in [0, 0.1) is 0 Å². The van der Waals surface area contributed by atoms with Crippen molar-refractivity contribution < 1.29 is 4.79 Å². The predicted molar refractivity (Wildman–Crippen MR) is 81.8 cm³/mol. The Morgan fingerprint density at radius 2 is 2.00 bits per heavy atom. The molecule has 4 nitrogen and oxygen atoms in total. The molecular formula is C16H25N3O. The van der Waals surface area contributed by atoms with Crippen molar-refractivity contribution in [1.82, 2.24) is 15.1 Å². The van der Waals surface area contributed by atoms with Gasteiger partial charge >= 0.3 is 6.03 Å². The summed E-state index contributed by atoms with van der Waals surface area (Å²) in [6, 6.07) is 10.8. The maximum absolute atomic E-state index is 12.6. The van der Waals surface area contributed by atoms with Gasteiger partial charge in [-0.3, -0.25) is 0 Å². The van der Waals surface area contributed by atoms with E-state index >= 15 is 0 Å². The first-order valence-electron chi connectivity index (χ1n) is 7.56. The molecule has 4 heteroatoms. The van der Waals surface area contributed by atoms with Gasteiger partial charge in [-0.1, -0.05) is 30.3 Å². The number of urea groups is 1. The van der Waals surface area contributed by atoms with Gasteiger partial charge in [-0.25, -0.2) is 4.79 Å². The lowest BCUT2D eigenvalue weighted by molar-refractivity contribution is 0.124. The Hall–Kier alpha value is -1.55. The molecule has 0 spiro atoms. The minimum absolute atomic E-state index is 0.178. The summed E-state index contributed by atoms with van der Waals surface area (Å²) in [5.41, 5.74) is 1.29. The molecule has 1 aromatic carbocycles. The summed E-state index contributed by atoms with van der Waals surface area (Å²) in [5.74, 6) is 0. The van der Waals surface area contributed by atoms with Crippen LogP contribution in [0.3, 0.4) is 0 Å². The third-order valence-electron chi connectivity index (χ3n) is 3.94. The van der Waals surface area contributed by atoms with Crippen molar-refractivity contribution in [3.05, 3.63) is 35.9 Å². The monoisotopic (exact) mass is 275 g/mol. The van der Waals surface area contributed by atoms with Gasteiger partial charge in [0.05, 0.1) is 0 Å². The third-order valence-corrected chi connectivity index (χ3v) is 3.94. The van der Waals surface area contributed by atoms with Crippen LogP contribution in [0.15, 0.2) is 30.3 Å². The van der Waals surface area contributed by atoms with Gasteiger partial charge in [0, 0.05) is 38.8 Å². The average Bonchev–Trinajstić information content (AvgIpc) is 2.50. The Morgan fingerprint density at radius 3 is 2.65 bits per heavy atom. The van der Waals surface area contributed by atoms with Gasteiger partial charge in [-0.05, 0) is 25.8 Å². The van der Waals surface area contributed by atoms with Crippen molar-refractivity contribution in [2.24, 2.45) is 0 Å². The highest BCUT2D eigenvalue weighted by Gasteiger charge is 2.28. The second-order valence-electron chi connectivity index (χ2n) is 5.20. The van der Waals surface area contributed by atoms with Gasteiger partial charge in [-0.2, -0.15) is 0 Å². The Balaban J connectivity index is 2.07. The first-order chi connectivity index (χ1) is 9.76. The molecule has 1 fully saturated rings. The van der Waals surface area contributed by atoms with Gasteiger partial charge < -0.3 is 15.1 Å². The fourth-order valence-electron chi connectivity index (χ4n) is 2.76. The zero-order chi connectivity index (χ0) is 14.4. The Labute approximate surface area is 121 Å². The molecule has 0 bridgehead atoms. The van der Waals surface area contributed by atoms with Crippen LogP contribution in [0.4, 0.5) is 4.79 Å². The molecule has 110 valence electrons. The molecule has 1 N–H and O–H groups in total. The number of hydrogen-bond donors (Lipinski definition) is 1. The van der Waals surface area contributed by atoms with E-state index in [1.54, 1.807) is 0 Å². The first kappa shape index (κ1) is 14.9. The highest BCUT2D eigenvalue weighted by atomic mass is 16.2. The number of amides is 2. The molecule has 20 heavy (non-hydrogen) atoms. The van der Waals surface area contributed by atoms with Crippen LogP contribution in [-0.4, -0.2) is 54.6 Å². The molecule has 1 unspecified atom stereocenters.